The fourth-order valence-electron chi connectivity index (χ4n) is 3.06. The van der Waals surface area contributed by atoms with Crippen molar-refractivity contribution in [1.82, 2.24) is 4.72 Å². The van der Waals surface area contributed by atoms with Gasteiger partial charge in [-0.05, 0) is 48.5 Å². The number of carbonyl (C=O) groups excluding carboxylic acids is 1. The first kappa shape index (κ1) is 21.2. The number of halogens is 2. The van der Waals surface area contributed by atoms with Crippen molar-refractivity contribution >= 4 is 61.5 Å². The lowest BCUT2D eigenvalue weighted by Crippen LogP contribution is -2.30. The molecular weight excluding hydrogens is 459 g/mol. The van der Waals surface area contributed by atoms with E-state index in [1.807, 2.05) is 53.1 Å². The lowest BCUT2D eigenvalue weighted by Gasteiger charge is -2.19. The van der Waals surface area contributed by atoms with Gasteiger partial charge in [0, 0.05) is 34.9 Å². The zero-order valence-corrected chi connectivity index (χ0v) is 18.5. The van der Waals surface area contributed by atoms with Crippen molar-refractivity contribution in [2.75, 3.05) is 11.9 Å². The van der Waals surface area contributed by atoms with Gasteiger partial charge < -0.3 is 9.32 Å². The van der Waals surface area contributed by atoms with Gasteiger partial charge in [0.1, 0.15) is 10.5 Å². The summed E-state index contributed by atoms with van der Waals surface area (Å²) in [5.41, 5.74) is 2.28. The van der Waals surface area contributed by atoms with E-state index in [-0.39, 0.29) is 20.7 Å². The molecule has 9 heteroatoms. The Morgan fingerprint density at radius 1 is 0.935 bits per heavy atom. The molecule has 158 valence electrons. The Morgan fingerprint density at radius 3 is 2.39 bits per heavy atom. The molecule has 0 saturated heterocycles. The summed E-state index contributed by atoms with van der Waals surface area (Å²) in [6.07, 6.45) is 0. The van der Waals surface area contributed by atoms with Gasteiger partial charge in [-0.1, -0.05) is 41.4 Å². The Hall–Kier alpha value is -3.00. The second-order valence-corrected chi connectivity index (χ2v) is 9.23. The first-order chi connectivity index (χ1) is 14.7. The minimum atomic E-state index is -4.21. The van der Waals surface area contributed by atoms with Gasteiger partial charge >= 0.3 is 5.91 Å². The number of anilines is 2. The molecule has 0 radical (unpaired) electrons. The Balaban J connectivity index is 1.60. The van der Waals surface area contributed by atoms with Crippen LogP contribution in [0.5, 0.6) is 0 Å². The Bertz CT molecular complexity index is 1390. The van der Waals surface area contributed by atoms with E-state index in [4.69, 9.17) is 27.6 Å². The van der Waals surface area contributed by atoms with Crippen molar-refractivity contribution in [3.63, 3.8) is 0 Å². The number of carbonyl (C=O) groups is 1. The molecule has 0 unspecified atom stereocenters. The third-order valence-electron chi connectivity index (χ3n) is 4.67. The summed E-state index contributed by atoms with van der Waals surface area (Å²) in [6.45, 7) is 0. The number of hydrogen-bond acceptors (Lipinski definition) is 5. The number of nitrogens with zero attached hydrogens (tertiary/aromatic N) is 1. The fraction of sp³-hybridized carbons (Fsp3) is 0.0455. The Labute approximate surface area is 189 Å². The van der Waals surface area contributed by atoms with E-state index in [0.717, 1.165) is 11.4 Å². The van der Waals surface area contributed by atoms with Crippen LogP contribution in [0.2, 0.25) is 10.0 Å². The molecule has 3 aromatic carbocycles. The van der Waals surface area contributed by atoms with Gasteiger partial charge in [-0.15, -0.1) is 0 Å². The molecule has 0 bridgehead atoms. The molecule has 0 atom stereocenters. The highest BCUT2D eigenvalue weighted by atomic mass is 35.5. The number of sulfonamides is 1. The molecule has 6 nitrogen and oxygen atoms in total. The van der Waals surface area contributed by atoms with Crippen LogP contribution in [0.3, 0.4) is 0 Å². The number of para-hydroxylation sites is 1. The summed E-state index contributed by atoms with van der Waals surface area (Å²) >= 11 is 11.8. The van der Waals surface area contributed by atoms with Gasteiger partial charge in [0.05, 0.1) is 5.02 Å². The predicted octanol–water partition coefficient (Wildman–Crippen LogP) is 5.63. The van der Waals surface area contributed by atoms with Crippen molar-refractivity contribution in [2.45, 2.75) is 4.90 Å². The van der Waals surface area contributed by atoms with Gasteiger partial charge in [0.2, 0.25) is 0 Å². The van der Waals surface area contributed by atoms with Gasteiger partial charge in [0.25, 0.3) is 10.0 Å². The monoisotopic (exact) mass is 474 g/mol. The largest absolute Gasteiger partial charge is 0.451 e. The smallest absolute Gasteiger partial charge is 0.300 e. The van der Waals surface area contributed by atoms with Gasteiger partial charge in [-0.3, -0.25) is 4.79 Å². The molecule has 1 amide bonds. The minimum absolute atomic E-state index is 0.0917. The molecule has 1 N–H and O–H groups in total. The number of hydrogen-bond donors (Lipinski definition) is 1. The lowest BCUT2D eigenvalue weighted by molar-refractivity contribution is 0.0956. The van der Waals surface area contributed by atoms with Crippen LogP contribution >= 0.6 is 23.2 Å². The number of benzene rings is 3. The molecule has 4 aromatic rings. The molecule has 0 spiro atoms. The third kappa shape index (κ3) is 4.39. The molecule has 0 aliphatic carbocycles. The molecule has 0 aliphatic heterocycles. The summed E-state index contributed by atoms with van der Waals surface area (Å²) in [6, 6.07) is 20.6. The lowest BCUT2D eigenvalue weighted by atomic mass is 10.2. The number of amides is 1. The fourth-order valence-corrected chi connectivity index (χ4v) is 4.79. The van der Waals surface area contributed by atoms with Gasteiger partial charge in [0.15, 0.2) is 5.76 Å². The predicted molar refractivity (Wildman–Crippen MR) is 122 cm³/mol. The van der Waals surface area contributed by atoms with E-state index < -0.39 is 15.9 Å². The van der Waals surface area contributed by atoms with Crippen molar-refractivity contribution in [3.05, 3.63) is 88.6 Å². The van der Waals surface area contributed by atoms with Crippen LogP contribution in [0.1, 0.15) is 10.6 Å². The third-order valence-corrected chi connectivity index (χ3v) is 6.72. The molecule has 4 rings (SSSR count). The average molecular weight is 475 g/mol. The van der Waals surface area contributed by atoms with Gasteiger partial charge in [-0.2, -0.15) is 0 Å². The second-order valence-electron chi connectivity index (χ2n) is 6.74. The van der Waals surface area contributed by atoms with Gasteiger partial charge in [-0.25, -0.2) is 13.1 Å². The summed E-state index contributed by atoms with van der Waals surface area (Å²) in [5, 5.41) is 0.854. The maximum absolute atomic E-state index is 12.6. The summed E-state index contributed by atoms with van der Waals surface area (Å²) in [4.78, 5) is 14.3. The number of nitrogens with one attached hydrogen (secondary N) is 1. The molecule has 1 heterocycles. The number of furan rings is 1. The highest BCUT2D eigenvalue weighted by Gasteiger charge is 2.24. The molecule has 0 fully saturated rings. The van der Waals surface area contributed by atoms with E-state index in [0.29, 0.717) is 11.0 Å². The van der Waals surface area contributed by atoms with Crippen LogP contribution in [0.15, 0.2) is 82.1 Å². The molecular formula is C22H16Cl2N2O4S. The summed E-state index contributed by atoms with van der Waals surface area (Å²) in [5.74, 6) is -1.04. The van der Waals surface area contributed by atoms with E-state index in [1.165, 1.54) is 24.3 Å². The Morgan fingerprint density at radius 2 is 1.68 bits per heavy atom. The maximum atomic E-state index is 12.6. The molecule has 31 heavy (non-hydrogen) atoms. The molecule has 0 saturated carbocycles. The first-order valence-electron chi connectivity index (χ1n) is 9.09. The molecule has 1 aromatic heterocycles. The standard InChI is InChI=1S/C22H16Cl2N2O4S/c1-26(16-5-3-2-4-6-16)17-9-7-14-11-20(30-19(14)13-17)22(27)25-31(28,29)21-10-8-15(23)12-18(21)24/h2-13H,1H3,(H,25,27). The highest BCUT2D eigenvalue weighted by Crippen LogP contribution is 2.29. The zero-order chi connectivity index (χ0) is 22.2. The minimum Gasteiger partial charge on any atom is -0.451 e. The number of fused-ring (bicyclic) bond motifs is 1. The van der Waals surface area contributed by atoms with Crippen molar-refractivity contribution in [1.29, 1.82) is 0 Å². The topological polar surface area (TPSA) is 79.6 Å². The van der Waals surface area contributed by atoms with Crippen LogP contribution < -0.4 is 9.62 Å². The summed E-state index contributed by atoms with van der Waals surface area (Å²) < 4.78 is 32.7. The first-order valence-corrected chi connectivity index (χ1v) is 11.3. The van der Waals surface area contributed by atoms with Crippen molar-refractivity contribution in [2.24, 2.45) is 0 Å². The van der Waals surface area contributed by atoms with E-state index in [2.05, 4.69) is 0 Å². The van der Waals surface area contributed by atoms with Crippen LogP contribution in [-0.4, -0.2) is 21.4 Å². The zero-order valence-electron chi connectivity index (χ0n) is 16.2. The number of rotatable bonds is 5. The molecule has 0 aliphatic rings. The van der Waals surface area contributed by atoms with Crippen LogP contribution in [0.4, 0.5) is 11.4 Å². The summed E-state index contributed by atoms with van der Waals surface area (Å²) in [7, 11) is -2.30. The van der Waals surface area contributed by atoms with E-state index in [1.54, 1.807) is 12.1 Å². The van der Waals surface area contributed by atoms with Crippen LogP contribution in [0, 0.1) is 0 Å². The van der Waals surface area contributed by atoms with Crippen LogP contribution in [-0.2, 0) is 10.0 Å². The van der Waals surface area contributed by atoms with E-state index >= 15 is 0 Å². The van der Waals surface area contributed by atoms with Crippen molar-refractivity contribution < 1.29 is 17.6 Å². The quantitative estimate of drug-likeness (QED) is 0.405. The SMILES string of the molecule is CN(c1ccccc1)c1ccc2cc(C(=O)NS(=O)(=O)c3ccc(Cl)cc3Cl)oc2c1. The normalized spacial score (nSPS) is 11.5. The maximum Gasteiger partial charge on any atom is 0.300 e. The van der Waals surface area contributed by atoms with Crippen molar-refractivity contribution in [3.8, 4) is 0 Å². The van der Waals surface area contributed by atoms with Crippen LogP contribution in [0.25, 0.3) is 11.0 Å². The highest BCUT2D eigenvalue weighted by molar-refractivity contribution is 7.90. The average Bonchev–Trinajstić information content (AvgIpc) is 3.17. The second kappa shape index (κ2) is 8.26. The Kier molecular flexibility index (Phi) is 5.66. The van der Waals surface area contributed by atoms with E-state index in [9.17, 15) is 13.2 Å².